The Kier molecular flexibility index (Phi) is 9.50. The van der Waals surface area contributed by atoms with Crippen molar-refractivity contribution in [3.05, 3.63) is 12.1 Å². The van der Waals surface area contributed by atoms with Crippen molar-refractivity contribution in [2.75, 3.05) is 51.6 Å². The molecule has 0 aliphatic carbocycles. The molecule has 2 heterocycles. The van der Waals surface area contributed by atoms with Crippen LogP contribution >= 0.6 is 0 Å². The highest BCUT2D eigenvalue weighted by atomic mass is 16.5. The normalized spacial score (nSPS) is 15.1. The molecule has 1 saturated heterocycles. The number of hydrogen-bond acceptors (Lipinski definition) is 8. The Hall–Kier alpha value is -2.89. The van der Waals surface area contributed by atoms with Crippen molar-refractivity contribution in [3.63, 3.8) is 0 Å². The Morgan fingerprint density at radius 3 is 2.60 bits per heavy atom. The molecular formula is C19H31N5O6. The summed E-state index contributed by atoms with van der Waals surface area (Å²) in [4.78, 5) is 22.8. The first-order valence-electron chi connectivity index (χ1n) is 9.33. The second-order valence-corrected chi connectivity index (χ2v) is 6.70. The summed E-state index contributed by atoms with van der Waals surface area (Å²) < 4.78 is 16.0. The zero-order chi connectivity index (χ0) is 20.1. The second kappa shape index (κ2) is 11.3. The molecule has 1 aromatic heterocycles. The summed E-state index contributed by atoms with van der Waals surface area (Å²) in [6, 6.07) is 3.55. The first-order valence-corrected chi connectivity index (χ1v) is 9.33. The lowest BCUT2D eigenvalue weighted by Crippen LogP contribution is -2.36. The number of rotatable bonds is 8. The third-order valence-electron chi connectivity index (χ3n) is 4.75. The molecule has 11 nitrogen and oxygen atoms in total. The first-order chi connectivity index (χ1) is 13.5. The average Bonchev–Trinajstić information content (AvgIpc) is 3.24. The fraction of sp³-hybridized carbons (Fsp3) is 0.526. The third kappa shape index (κ3) is 5.59. The topological polar surface area (TPSA) is 175 Å². The van der Waals surface area contributed by atoms with E-state index in [-0.39, 0.29) is 23.0 Å². The van der Waals surface area contributed by atoms with E-state index < -0.39 is 0 Å². The van der Waals surface area contributed by atoms with Gasteiger partial charge in [-0.3, -0.25) is 4.79 Å². The number of amides is 1. The van der Waals surface area contributed by atoms with Crippen LogP contribution in [0.2, 0.25) is 0 Å². The molecule has 1 unspecified atom stereocenters. The van der Waals surface area contributed by atoms with Gasteiger partial charge in [-0.05, 0) is 25.3 Å². The molecule has 2 aromatic rings. The van der Waals surface area contributed by atoms with Crippen molar-refractivity contribution in [2.45, 2.75) is 25.4 Å². The number of nitrogens with one attached hydrogen (secondary N) is 1. The molecule has 11 heteroatoms. The molecule has 1 atom stereocenters. The van der Waals surface area contributed by atoms with Gasteiger partial charge in [0, 0.05) is 38.2 Å². The summed E-state index contributed by atoms with van der Waals surface area (Å²) >= 11 is 0. The minimum Gasteiger partial charge on any atom is -0.493 e. The highest BCUT2D eigenvalue weighted by Crippen LogP contribution is 2.33. The fourth-order valence-corrected chi connectivity index (χ4v) is 3.16. The Labute approximate surface area is 175 Å². The maximum Gasteiger partial charge on any atom is 0.249 e. The van der Waals surface area contributed by atoms with Crippen molar-refractivity contribution in [1.82, 2.24) is 15.3 Å². The lowest BCUT2D eigenvalue weighted by molar-refractivity contribution is -0.130. The van der Waals surface area contributed by atoms with Gasteiger partial charge in [0.25, 0.3) is 0 Å². The van der Waals surface area contributed by atoms with E-state index in [1.54, 1.807) is 26.4 Å². The summed E-state index contributed by atoms with van der Waals surface area (Å²) in [5.74, 6) is 2.02. The van der Waals surface area contributed by atoms with Gasteiger partial charge in [0.15, 0.2) is 11.5 Å². The quantitative estimate of drug-likeness (QED) is 0.542. The van der Waals surface area contributed by atoms with Gasteiger partial charge in [-0.25, -0.2) is 4.98 Å². The number of nitrogen functional groups attached to an aromatic ring is 1. The lowest BCUT2D eigenvalue weighted by atomic mass is 10.2. The van der Waals surface area contributed by atoms with Crippen LogP contribution in [0.4, 0.5) is 11.8 Å². The van der Waals surface area contributed by atoms with Crippen LogP contribution in [0.15, 0.2) is 12.1 Å². The summed E-state index contributed by atoms with van der Waals surface area (Å²) in [6.45, 7) is 1.90. The molecule has 30 heavy (non-hydrogen) atoms. The predicted octanol–water partition coefficient (Wildman–Crippen LogP) is -0.299. The van der Waals surface area contributed by atoms with Gasteiger partial charge >= 0.3 is 0 Å². The summed E-state index contributed by atoms with van der Waals surface area (Å²) in [5.41, 5.74) is 6.81. The highest BCUT2D eigenvalue weighted by Gasteiger charge is 2.22. The van der Waals surface area contributed by atoms with Crippen LogP contribution in [-0.2, 0) is 9.53 Å². The van der Waals surface area contributed by atoms with E-state index in [0.29, 0.717) is 53.9 Å². The summed E-state index contributed by atoms with van der Waals surface area (Å²) in [6.07, 6.45) is 2.19. The first kappa shape index (κ1) is 25.1. The Balaban J connectivity index is 0.00000225. The van der Waals surface area contributed by atoms with E-state index in [0.717, 1.165) is 19.3 Å². The van der Waals surface area contributed by atoms with Gasteiger partial charge < -0.3 is 41.1 Å². The van der Waals surface area contributed by atoms with Gasteiger partial charge in [-0.15, -0.1) is 0 Å². The zero-order valence-electron chi connectivity index (χ0n) is 17.5. The molecule has 168 valence electrons. The van der Waals surface area contributed by atoms with Crippen LogP contribution in [0, 0.1) is 0 Å². The number of aromatic nitrogens is 2. The molecule has 0 radical (unpaired) electrons. The van der Waals surface area contributed by atoms with Crippen molar-refractivity contribution < 1.29 is 30.0 Å². The molecule has 0 saturated carbocycles. The van der Waals surface area contributed by atoms with Crippen molar-refractivity contribution in [2.24, 2.45) is 0 Å². The smallest absolute Gasteiger partial charge is 0.249 e. The van der Waals surface area contributed by atoms with E-state index in [4.69, 9.17) is 19.9 Å². The van der Waals surface area contributed by atoms with Crippen molar-refractivity contribution in [3.8, 4) is 11.5 Å². The van der Waals surface area contributed by atoms with Gasteiger partial charge in [0.2, 0.25) is 11.9 Å². The number of anilines is 2. The van der Waals surface area contributed by atoms with Crippen LogP contribution in [0.3, 0.4) is 0 Å². The number of hydrogen-bond donors (Lipinski definition) is 2. The van der Waals surface area contributed by atoms with E-state index in [1.807, 2.05) is 11.9 Å². The van der Waals surface area contributed by atoms with Crippen LogP contribution < -0.4 is 25.4 Å². The van der Waals surface area contributed by atoms with E-state index in [9.17, 15) is 4.79 Å². The van der Waals surface area contributed by atoms with Crippen LogP contribution in [0.1, 0.15) is 19.3 Å². The van der Waals surface area contributed by atoms with Gasteiger partial charge in [0.1, 0.15) is 11.9 Å². The largest absolute Gasteiger partial charge is 0.493 e. The van der Waals surface area contributed by atoms with Gasteiger partial charge in [0.05, 0.1) is 19.7 Å². The number of nitrogens with zero attached hydrogens (tertiary/aromatic N) is 3. The molecule has 7 N–H and O–H groups in total. The number of ether oxygens (including phenoxy) is 3. The average molecular weight is 425 g/mol. The number of benzene rings is 1. The fourth-order valence-electron chi connectivity index (χ4n) is 3.16. The van der Waals surface area contributed by atoms with E-state index >= 15 is 0 Å². The van der Waals surface area contributed by atoms with Crippen LogP contribution in [0.25, 0.3) is 10.9 Å². The molecule has 0 bridgehead atoms. The SMILES string of the molecule is COc1cc2nc(N(C)CCCNC(=O)C3CCCO3)nc(N)c2cc1OC.O.O. The molecule has 3 rings (SSSR count). The van der Waals surface area contributed by atoms with E-state index in [1.165, 1.54) is 0 Å². The lowest BCUT2D eigenvalue weighted by Gasteiger charge is -2.19. The molecule has 1 amide bonds. The number of carbonyl (C=O) groups excluding carboxylic acids is 1. The minimum absolute atomic E-state index is 0. The van der Waals surface area contributed by atoms with Crippen LogP contribution in [-0.4, -0.2) is 73.9 Å². The third-order valence-corrected chi connectivity index (χ3v) is 4.75. The van der Waals surface area contributed by atoms with Gasteiger partial charge in [-0.2, -0.15) is 4.98 Å². The van der Waals surface area contributed by atoms with Crippen LogP contribution in [0.5, 0.6) is 11.5 Å². The van der Waals surface area contributed by atoms with E-state index in [2.05, 4.69) is 15.3 Å². The standard InChI is InChI=1S/C19H27N5O4.2H2O/c1-24(8-5-7-21-18(25)14-6-4-9-28-14)19-22-13-11-16(27-3)15(26-2)10-12(13)17(20)23-19;;/h10-11,14H,4-9H2,1-3H3,(H,21,25)(H2,20,22,23);2*1H2. The monoisotopic (exact) mass is 425 g/mol. The molecule has 0 spiro atoms. The number of nitrogens with two attached hydrogens (primary N) is 1. The maximum absolute atomic E-state index is 12.0. The number of methoxy groups -OCH3 is 2. The number of fused-ring (bicyclic) bond motifs is 1. The molecule has 1 aliphatic heterocycles. The Morgan fingerprint density at radius 2 is 1.97 bits per heavy atom. The predicted molar refractivity (Wildman–Crippen MR) is 114 cm³/mol. The number of carbonyl (C=O) groups is 1. The molecule has 1 aliphatic rings. The van der Waals surface area contributed by atoms with Crippen molar-refractivity contribution in [1.29, 1.82) is 0 Å². The Bertz CT molecular complexity index is 844. The summed E-state index contributed by atoms with van der Waals surface area (Å²) in [5, 5.41) is 3.62. The Morgan fingerprint density at radius 1 is 1.27 bits per heavy atom. The molecule has 1 aromatic carbocycles. The second-order valence-electron chi connectivity index (χ2n) is 6.70. The van der Waals surface area contributed by atoms with Crippen molar-refractivity contribution >= 4 is 28.6 Å². The molecule has 1 fully saturated rings. The minimum atomic E-state index is -0.298. The molecular weight excluding hydrogens is 394 g/mol. The van der Waals surface area contributed by atoms with Gasteiger partial charge in [-0.1, -0.05) is 0 Å². The highest BCUT2D eigenvalue weighted by molar-refractivity contribution is 5.91. The zero-order valence-corrected chi connectivity index (χ0v) is 17.5. The maximum atomic E-state index is 12.0. The summed E-state index contributed by atoms with van der Waals surface area (Å²) in [7, 11) is 5.04.